The molecule has 0 aliphatic heterocycles. The summed E-state index contributed by atoms with van der Waals surface area (Å²) in [6.07, 6.45) is -4.70. The molecule has 1 heterocycles. The molecule has 0 unspecified atom stereocenters. The molecule has 2 rings (SSSR count). The second kappa shape index (κ2) is 2.95. The summed E-state index contributed by atoms with van der Waals surface area (Å²) in [5.41, 5.74) is -2.32. The zero-order valence-electron chi connectivity index (χ0n) is 8.49. The minimum Gasteiger partial charge on any atom is -0.276 e. The fourth-order valence-electron chi connectivity index (χ4n) is 2.06. The van der Waals surface area contributed by atoms with E-state index in [0.717, 1.165) is 0 Å². The van der Waals surface area contributed by atoms with E-state index < -0.39 is 40.9 Å². The molecule has 7 heteroatoms. The van der Waals surface area contributed by atoms with Gasteiger partial charge in [0.05, 0.1) is 0 Å². The molecular formula is C9H9F5N2. The first kappa shape index (κ1) is 11.3. The van der Waals surface area contributed by atoms with Gasteiger partial charge in [-0.25, -0.2) is 0 Å². The number of nitrogens with one attached hydrogen (secondary N) is 1. The lowest BCUT2D eigenvalue weighted by Gasteiger charge is -2.18. The average Bonchev–Trinajstić information content (AvgIpc) is 2.63. The third-order valence-electron chi connectivity index (χ3n) is 3.18. The number of halogens is 5. The Balaban J connectivity index is 2.62. The Morgan fingerprint density at radius 1 is 1.25 bits per heavy atom. The molecule has 0 spiro atoms. The predicted molar refractivity (Wildman–Crippen MR) is 45.1 cm³/mol. The van der Waals surface area contributed by atoms with Gasteiger partial charge in [0.1, 0.15) is 5.69 Å². The van der Waals surface area contributed by atoms with E-state index in [0.29, 0.717) is 0 Å². The molecule has 0 radical (unpaired) electrons. The monoisotopic (exact) mass is 240 g/mol. The van der Waals surface area contributed by atoms with Crippen molar-refractivity contribution >= 4 is 0 Å². The van der Waals surface area contributed by atoms with Crippen molar-refractivity contribution in [2.24, 2.45) is 5.92 Å². The highest BCUT2D eigenvalue weighted by molar-refractivity contribution is 5.39. The lowest BCUT2D eigenvalue weighted by Crippen LogP contribution is -2.20. The van der Waals surface area contributed by atoms with Gasteiger partial charge in [-0.3, -0.25) is 5.10 Å². The van der Waals surface area contributed by atoms with E-state index >= 15 is 0 Å². The van der Waals surface area contributed by atoms with Crippen molar-refractivity contribution in [1.29, 1.82) is 0 Å². The number of H-pyrrole nitrogens is 1. The van der Waals surface area contributed by atoms with Crippen LogP contribution in [0.3, 0.4) is 0 Å². The maximum Gasteiger partial charge on any atom is 0.435 e. The molecule has 1 N–H and O–H groups in total. The molecule has 2 nitrogen and oxygen atoms in total. The standard InChI is InChI=1S/C9H9F5N2/c1-3-4(2)8(10,11)6-5(3)7(16-15-6)9(12,13)14/h3-4H,1-2H3,(H,15,16)/t3-,4+/m0/s1. The number of aromatic amines is 1. The number of rotatable bonds is 0. The van der Waals surface area contributed by atoms with Crippen LogP contribution in [0.2, 0.25) is 0 Å². The number of hydrogen-bond donors (Lipinski definition) is 1. The van der Waals surface area contributed by atoms with Crippen LogP contribution in [0.4, 0.5) is 22.0 Å². The molecule has 0 bridgehead atoms. The Kier molecular flexibility index (Phi) is 2.09. The van der Waals surface area contributed by atoms with Crippen molar-refractivity contribution in [3.05, 3.63) is 17.0 Å². The quantitative estimate of drug-likeness (QED) is 0.692. The first-order chi connectivity index (χ1) is 7.17. The molecule has 1 aromatic heterocycles. The van der Waals surface area contributed by atoms with Crippen LogP contribution in [-0.4, -0.2) is 10.2 Å². The van der Waals surface area contributed by atoms with E-state index in [2.05, 4.69) is 5.10 Å². The van der Waals surface area contributed by atoms with E-state index in [1.807, 2.05) is 5.10 Å². The maximum absolute atomic E-state index is 13.5. The van der Waals surface area contributed by atoms with E-state index in [1.165, 1.54) is 13.8 Å². The van der Waals surface area contributed by atoms with Crippen molar-refractivity contribution in [2.75, 3.05) is 0 Å². The highest BCUT2D eigenvalue weighted by atomic mass is 19.4. The summed E-state index contributed by atoms with van der Waals surface area (Å²) >= 11 is 0. The summed E-state index contributed by atoms with van der Waals surface area (Å²) in [4.78, 5) is 0. The topological polar surface area (TPSA) is 28.7 Å². The Hall–Kier alpha value is -1.14. The molecule has 0 saturated carbocycles. The van der Waals surface area contributed by atoms with E-state index in [4.69, 9.17) is 0 Å². The van der Waals surface area contributed by atoms with Crippen molar-refractivity contribution in [1.82, 2.24) is 10.2 Å². The smallest absolute Gasteiger partial charge is 0.276 e. The molecule has 0 saturated heterocycles. The van der Waals surface area contributed by atoms with Crippen LogP contribution in [0, 0.1) is 5.92 Å². The molecule has 1 aliphatic rings. The molecule has 0 amide bonds. The maximum atomic E-state index is 13.5. The van der Waals surface area contributed by atoms with Gasteiger partial charge in [0.15, 0.2) is 5.69 Å². The Morgan fingerprint density at radius 2 is 1.81 bits per heavy atom. The fourth-order valence-corrected chi connectivity index (χ4v) is 2.06. The second-order valence-electron chi connectivity index (χ2n) is 4.06. The highest BCUT2D eigenvalue weighted by Crippen LogP contribution is 2.54. The van der Waals surface area contributed by atoms with Crippen LogP contribution in [0.25, 0.3) is 0 Å². The van der Waals surface area contributed by atoms with Gasteiger partial charge in [0.2, 0.25) is 0 Å². The molecule has 1 aliphatic carbocycles. The van der Waals surface area contributed by atoms with Gasteiger partial charge in [-0.15, -0.1) is 0 Å². The molecule has 90 valence electrons. The molecule has 16 heavy (non-hydrogen) atoms. The SMILES string of the molecule is C[C@@H]1c2c(C(F)(F)F)n[nH]c2C(F)(F)[C@@H]1C. The number of alkyl halides is 5. The van der Waals surface area contributed by atoms with Crippen molar-refractivity contribution in [3.8, 4) is 0 Å². The summed E-state index contributed by atoms with van der Waals surface area (Å²) in [6, 6.07) is 0. The molecule has 1 aromatic rings. The number of nitrogens with zero attached hydrogens (tertiary/aromatic N) is 1. The highest BCUT2D eigenvalue weighted by Gasteiger charge is 2.55. The summed E-state index contributed by atoms with van der Waals surface area (Å²) in [5.74, 6) is -5.29. The summed E-state index contributed by atoms with van der Waals surface area (Å²) in [7, 11) is 0. The summed E-state index contributed by atoms with van der Waals surface area (Å²) < 4.78 is 64.6. The fraction of sp³-hybridized carbons (Fsp3) is 0.667. The van der Waals surface area contributed by atoms with Crippen LogP contribution in [0.1, 0.15) is 36.7 Å². The third kappa shape index (κ3) is 1.26. The zero-order chi connectivity index (χ0) is 12.3. The molecular weight excluding hydrogens is 231 g/mol. The van der Waals surface area contributed by atoms with Crippen LogP contribution in [0.5, 0.6) is 0 Å². The van der Waals surface area contributed by atoms with E-state index in [-0.39, 0.29) is 0 Å². The van der Waals surface area contributed by atoms with Gasteiger partial charge in [0.25, 0.3) is 5.92 Å². The number of hydrogen-bond acceptors (Lipinski definition) is 1. The van der Waals surface area contributed by atoms with Crippen molar-refractivity contribution in [2.45, 2.75) is 31.9 Å². The zero-order valence-corrected chi connectivity index (χ0v) is 8.49. The van der Waals surface area contributed by atoms with E-state index in [9.17, 15) is 22.0 Å². The van der Waals surface area contributed by atoms with Crippen LogP contribution in [0.15, 0.2) is 0 Å². The van der Waals surface area contributed by atoms with Gasteiger partial charge in [-0.1, -0.05) is 13.8 Å². The normalized spacial score (nSPS) is 28.2. The van der Waals surface area contributed by atoms with Gasteiger partial charge < -0.3 is 0 Å². The number of aromatic nitrogens is 2. The lowest BCUT2D eigenvalue weighted by molar-refractivity contribution is -0.142. The van der Waals surface area contributed by atoms with Crippen LogP contribution in [-0.2, 0) is 12.1 Å². The predicted octanol–water partition coefficient (Wildman–Crippen LogP) is 3.27. The Morgan fingerprint density at radius 3 is 2.31 bits per heavy atom. The first-order valence-electron chi connectivity index (χ1n) is 4.71. The number of fused-ring (bicyclic) bond motifs is 1. The van der Waals surface area contributed by atoms with Crippen molar-refractivity contribution in [3.63, 3.8) is 0 Å². The summed E-state index contributed by atoms with van der Waals surface area (Å²) in [6.45, 7) is 2.59. The minimum atomic E-state index is -4.70. The Bertz CT molecular complexity index is 420. The Labute approximate surface area is 87.8 Å². The van der Waals surface area contributed by atoms with Crippen LogP contribution >= 0.6 is 0 Å². The molecule has 0 fully saturated rings. The lowest BCUT2D eigenvalue weighted by atomic mass is 9.94. The second-order valence-corrected chi connectivity index (χ2v) is 4.06. The molecule has 2 atom stereocenters. The minimum absolute atomic E-state index is 0.398. The summed E-state index contributed by atoms with van der Waals surface area (Å²) in [5, 5.41) is 4.78. The van der Waals surface area contributed by atoms with Gasteiger partial charge in [0, 0.05) is 11.5 Å². The van der Waals surface area contributed by atoms with Gasteiger partial charge in [-0.05, 0) is 5.92 Å². The first-order valence-corrected chi connectivity index (χ1v) is 4.71. The van der Waals surface area contributed by atoms with Gasteiger partial charge in [-0.2, -0.15) is 27.1 Å². The van der Waals surface area contributed by atoms with Gasteiger partial charge >= 0.3 is 6.18 Å². The van der Waals surface area contributed by atoms with E-state index in [1.54, 1.807) is 0 Å². The molecule has 0 aromatic carbocycles. The van der Waals surface area contributed by atoms with Crippen LogP contribution < -0.4 is 0 Å². The van der Waals surface area contributed by atoms with Crippen molar-refractivity contribution < 1.29 is 22.0 Å². The third-order valence-corrected chi connectivity index (χ3v) is 3.18. The average molecular weight is 240 g/mol. The largest absolute Gasteiger partial charge is 0.435 e.